The van der Waals surface area contributed by atoms with Crippen molar-refractivity contribution in [1.82, 2.24) is 15.1 Å². The molecule has 1 aromatic carbocycles. The number of imide groups is 1. The molecule has 3 fully saturated rings. The SMILES string of the molecule is O=C1CC[C@H](N2Cc3cc(N4CCN(CC5CCCCC5)CC4)ccc3C2=O)C(=O)N1. The number of fused-ring (bicyclic) bond motifs is 1. The number of piperidine rings is 1. The van der Waals surface area contributed by atoms with Gasteiger partial charge in [0.25, 0.3) is 5.91 Å². The Hall–Kier alpha value is -2.41. The molecule has 3 amide bonds. The first-order valence-electron chi connectivity index (χ1n) is 11.8. The van der Waals surface area contributed by atoms with Crippen molar-refractivity contribution in [2.75, 3.05) is 37.6 Å². The Kier molecular flexibility index (Phi) is 5.69. The molecule has 1 N–H and O–H groups in total. The number of piperazine rings is 1. The maximum Gasteiger partial charge on any atom is 0.255 e. The van der Waals surface area contributed by atoms with Crippen LogP contribution in [0.2, 0.25) is 0 Å². The standard InChI is InChI=1S/C24H32N4O3/c29-22-9-8-21(23(30)25-22)28-16-18-14-19(6-7-20(18)24(28)31)27-12-10-26(11-13-27)15-17-4-2-1-3-5-17/h6-7,14,17,21H,1-5,8-13,15-16H2,(H,25,29,30)/t21-/m0/s1. The van der Waals surface area contributed by atoms with Gasteiger partial charge in [-0.05, 0) is 48.9 Å². The monoisotopic (exact) mass is 424 g/mol. The van der Waals surface area contributed by atoms with E-state index in [1.165, 1.54) is 38.6 Å². The predicted molar refractivity (Wildman–Crippen MR) is 118 cm³/mol. The van der Waals surface area contributed by atoms with Crippen molar-refractivity contribution in [3.05, 3.63) is 29.3 Å². The topological polar surface area (TPSA) is 73.0 Å². The summed E-state index contributed by atoms with van der Waals surface area (Å²) in [4.78, 5) is 43.2. The number of carbonyl (C=O) groups is 3. The van der Waals surface area contributed by atoms with Crippen LogP contribution in [-0.2, 0) is 16.1 Å². The van der Waals surface area contributed by atoms with Crippen LogP contribution in [0.5, 0.6) is 0 Å². The molecule has 1 aliphatic carbocycles. The van der Waals surface area contributed by atoms with Crippen LogP contribution in [0.15, 0.2) is 18.2 Å². The van der Waals surface area contributed by atoms with E-state index in [9.17, 15) is 14.4 Å². The lowest BCUT2D eigenvalue weighted by Gasteiger charge is -2.38. The van der Waals surface area contributed by atoms with Gasteiger partial charge in [0.15, 0.2) is 0 Å². The number of amides is 3. The van der Waals surface area contributed by atoms with Gasteiger partial charge in [0, 0.05) is 56.9 Å². The molecule has 31 heavy (non-hydrogen) atoms. The number of benzene rings is 1. The van der Waals surface area contributed by atoms with Crippen molar-refractivity contribution in [1.29, 1.82) is 0 Å². The zero-order valence-electron chi connectivity index (χ0n) is 18.1. The summed E-state index contributed by atoms with van der Waals surface area (Å²) in [5.41, 5.74) is 2.83. The van der Waals surface area contributed by atoms with E-state index in [1.807, 2.05) is 12.1 Å². The van der Waals surface area contributed by atoms with E-state index in [-0.39, 0.29) is 24.1 Å². The van der Waals surface area contributed by atoms with Gasteiger partial charge in [-0.1, -0.05) is 19.3 Å². The van der Waals surface area contributed by atoms with Gasteiger partial charge in [-0.2, -0.15) is 0 Å². The second-order valence-electron chi connectivity index (χ2n) is 9.53. The summed E-state index contributed by atoms with van der Waals surface area (Å²) >= 11 is 0. The zero-order valence-corrected chi connectivity index (χ0v) is 18.1. The van der Waals surface area contributed by atoms with Gasteiger partial charge in [0.05, 0.1) is 0 Å². The minimum absolute atomic E-state index is 0.103. The second kappa shape index (κ2) is 8.61. The number of rotatable bonds is 4. The number of carbonyl (C=O) groups excluding carboxylic acids is 3. The molecule has 0 aromatic heterocycles. The van der Waals surface area contributed by atoms with Crippen LogP contribution in [0.4, 0.5) is 5.69 Å². The van der Waals surface area contributed by atoms with Crippen molar-refractivity contribution in [2.24, 2.45) is 5.92 Å². The van der Waals surface area contributed by atoms with E-state index in [4.69, 9.17) is 0 Å². The van der Waals surface area contributed by atoms with Crippen LogP contribution in [-0.4, -0.2) is 66.3 Å². The molecule has 7 heteroatoms. The molecule has 4 aliphatic rings. The minimum atomic E-state index is -0.551. The highest BCUT2D eigenvalue weighted by atomic mass is 16.2. The third-order valence-electron chi connectivity index (χ3n) is 7.49. The van der Waals surface area contributed by atoms with Crippen molar-refractivity contribution in [2.45, 2.75) is 57.5 Å². The van der Waals surface area contributed by atoms with Gasteiger partial charge >= 0.3 is 0 Å². The number of anilines is 1. The fraction of sp³-hybridized carbons (Fsp3) is 0.625. The highest BCUT2D eigenvalue weighted by Crippen LogP contribution is 2.31. The first-order chi connectivity index (χ1) is 15.1. The van der Waals surface area contributed by atoms with Crippen LogP contribution in [0.3, 0.4) is 0 Å². The van der Waals surface area contributed by atoms with Gasteiger partial charge in [-0.25, -0.2) is 0 Å². The van der Waals surface area contributed by atoms with Crippen molar-refractivity contribution >= 4 is 23.4 Å². The fourth-order valence-electron chi connectivity index (χ4n) is 5.68. The van der Waals surface area contributed by atoms with E-state index < -0.39 is 6.04 Å². The minimum Gasteiger partial charge on any atom is -0.369 e. The number of nitrogens with zero attached hydrogens (tertiary/aromatic N) is 3. The molecule has 3 heterocycles. The normalized spacial score (nSPS) is 25.7. The Balaban J connectivity index is 1.21. The Morgan fingerprint density at radius 2 is 1.71 bits per heavy atom. The molecule has 2 saturated heterocycles. The molecule has 0 bridgehead atoms. The summed E-state index contributed by atoms with van der Waals surface area (Å²) in [6, 6.07) is 5.52. The molecule has 0 radical (unpaired) electrons. The highest BCUT2D eigenvalue weighted by Gasteiger charge is 2.39. The first kappa shape index (κ1) is 20.5. The summed E-state index contributed by atoms with van der Waals surface area (Å²) in [5, 5.41) is 2.37. The average Bonchev–Trinajstić information content (AvgIpc) is 3.10. The molecular formula is C24H32N4O3. The number of hydrogen-bond donors (Lipinski definition) is 1. The molecule has 166 valence electrons. The Morgan fingerprint density at radius 3 is 2.45 bits per heavy atom. The quantitative estimate of drug-likeness (QED) is 0.750. The molecular weight excluding hydrogens is 392 g/mol. The summed E-state index contributed by atoms with van der Waals surface area (Å²) in [7, 11) is 0. The van der Waals surface area contributed by atoms with Gasteiger partial charge in [0.1, 0.15) is 6.04 Å². The lowest BCUT2D eigenvalue weighted by Crippen LogP contribution is -2.52. The zero-order chi connectivity index (χ0) is 21.4. The van der Waals surface area contributed by atoms with Gasteiger partial charge in [-0.3, -0.25) is 24.6 Å². The van der Waals surface area contributed by atoms with Crippen LogP contribution >= 0.6 is 0 Å². The van der Waals surface area contributed by atoms with Crippen molar-refractivity contribution < 1.29 is 14.4 Å². The highest BCUT2D eigenvalue weighted by molar-refractivity contribution is 6.05. The Bertz CT molecular complexity index is 872. The average molecular weight is 425 g/mol. The third kappa shape index (κ3) is 4.20. The van der Waals surface area contributed by atoms with Crippen molar-refractivity contribution in [3.63, 3.8) is 0 Å². The molecule has 0 unspecified atom stereocenters. The van der Waals surface area contributed by atoms with Crippen LogP contribution < -0.4 is 10.2 Å². The second-order valence-corrected chi connectivity index (χ2v) is 9.53. The summed E-state index contributed by atoms with van der Waals surface area (Å²) in [6.07, 6.45) is 7.67. The molecule has 1 atom stereocenters. The Morgan fingerprint density at radius 1 is 0.935 bits per heavy atom. The van der Waals surface area contributed by atoms with Crippen LogP contribution in [0, 0.1) is 5.92 Å². The van der Waals surface area contributed by atoms with E-state index in [0.717, 1.165) is 43.3 Å². The smallest absolute Gasteiger partial charge is 0.255 e. The summed E-state index contributed by atoms with van der Waals surface area (Å²) in [6.45, 7) is 5.89. The number of hydrogen-bond acceptors (Lipinski definition) is 5. The lowest BCUT2D eigenvalue weighted by atomic mass is 9.89. The molecule has 3 aliphatic heterocycles. The fourth-order valence-corrected chi connectivity index (χ4v) is 5.68. The third-order valence-corrected chi connectivity index (χ3v) is 7.49. The van der Waals surface area contributed by atoms with Crippen LogP contribution in [0.25, 0.3) is 0 Å². The maximum atomic E-state index is 12.9. The summed E-state index contributed by atoms with van der Waals surface area (Å²) < 4.78 is 0. The van der Waals surface area contributed by atoms with Gasteiger partial charge in [-0.15, -0.1) is 0 Å². The largest absolute Gasteiger partial charge is 0.369 e. The first-order valence-corrected chi connectivity index (χ1v) is 11.8. The van der Waals surface area contributed by atoms with Crippen molar-refractivity contribution in [3.8, 4) is 0 Å². The summed E-state index contributed by atoms with van der Waals surface area (Å²) in [5.74, 6) is 0.167. The molecule has 1 saturated carbocycles. The van der Waals surface area contributed by atoms with Crippen LogP contribution in [0.1, 0.15) is 60.9 Å². The number of nitrogens with one attached hydrogen (secondary N) is 1. The maximum absolute atomic E-state index is 12.9. The van der Waals surface area contributed by atoms with Gasteiger partial charge < -0.3 is 9.80 Å². The molecule has 1 aromatic rings. The predicted octanol–water partition coefficient (Wildman–Crippen LogP) is 2.15. The molecule has 5 rings (SSSR count). The molecule has 7 nitrogen and oxygen atoms in total. The van der Waals surface area contributed by atoms with E-state index in [2.05, 4.69) is 21.2 Å². The Labute approximate surface area is 183 Å². The molecule has 0 spiro atoms. The van der Waals surface area contributed by atoms with E-state index >= 15 is 0 Å². The lowest BCUT2D eigenvalue weighted by molar-refractivity contribution is -0.136. The van der Waals surface area contributed by atoms with E-state index in [0.29, 0.717) is 18.5 Å². The van der Waals surface area contributed by atoms with Gasteiger partial charge in [0.2, 0.25) is 11.8 Å². The van der Waals surface area contributed by atoms with E-state index in [1.54, 1.807) is 4.90 Å².